The number of nitrogens with zero attached hydrogens (tertiary/aromatic N) is 7. The van der Waals surface area contributed by atoms with Crippen molar-refractivity contribution >= 4 is 44.1 Å². The minimum atomic E-state index is 0.770. The fourth-order valence-electron chi connectivity index (χ4n) is 3.55. The van der Waals surface area contributed by atoms with Crippen LogP contribution in [0.5, 0.6) is 0 Å². The summed E-state index contributed by atoms with van der Waals surface area (Å²) < 4.78 is 2.95. The highest BCUT2D eigenvalue weighted by Gasteiger charge is 2.22. The third-order valence-corrected chi connectivity index (χ3v) is 6.72. The van der Waals surface area contributed by atoms with Crippen molar-refractivity contribution in [2.75, 3.05) is 36.0 Å². The van der Waals surface area contributed by atoms with Crippen LogP contribution in [-0.4, -0.2) is 50.9 Å². The van der Waals surface area contributed by atoms with Crippen LogP contribution in [0.1, 0.15) is 5.56 Å². The molecule has 29 heavy (non-hydrogen) atoms. The van der Waals surface area contributed by atoms with E-state index in [1.165, 1.54) is 4.70 Å². The number of piperazine rings is 1. The fraction of sp³-hybridized carbons (Fsp3) is 0.300. The van der Waals surface area contributed by atoms with Crippen LogP contribution in [0, 0.1) is 6.92 Å². The van der Waals surface area contributed by atoms with E-state index in [-0.39, 0.29) is 0 Å². The number of aromatic nitrogens is 5. The van der Waals surface area contributed by atoms with Crippen molar-refractivity contribution in [3.63, 3.8) is 0 Å². The lowest BCUT2D eigenvalue weighted by Gasteiger charge is -2.35. The largest absolute Gasteiger partial charge is 0.352 e. The topological polar surface area (TPSA) is 63.0 Å². The van der Waals surface area contributed by atoms with E-state index in [2.05, 4.69) is 25.9 Å². The second-order valence-corrected chi connectivity index (χ2v) is 8.57. The summed E-state index contributed by atoms with van der Waals surface area (Å²) in [6.45, 7) is 5.57. The van der Waals surface area contributed by atoms with E-state index in [0.717, 1.165) is 64.5 Å². The molecule has 9 heteroatoms. The SMILES string of the molecule is Cc1c(Cl)ccc2sc(N3CCN(c4cncc(-c5cnn(C)c5)n4)CC3)nc12. The van der Waals surface area contributed by atoms with Crippen LogP contribution in [0.25, 0.3) is 21.5 Å². The van der Waals surface area contributed by atoms with Gasteiger partial charge in [-0.3, -0.25) is 9.67 Å². The van der Waals surface area contributed by atoms with E-state index < -0.39 is 0 Å². The molecule has 0 N–H and O–H groups in total. The summed E-state index contributed by atoms with van der Waals surface area (Å²) in [4.78, 5) is 18.7. The highest BCUT2D eigenvalue weighted by atomic mass is 35.5. The van der Waals surface area contributed by atoms with Gasteiger partial charge < -0.3 is 9.80 Å². The Bertz CT molecular complexity index is 1180. The molecule has 0 unspecified atom stereocenters. The van der Waals surface area contributed by atoms with Gasteiger partial charge in [0.2, 0.25) is 0 Å². The van der Waals surface area contributed by atoms with Crippen molar-refractivity contribution in [3.8, 4) is 11.3 Å². The van der Waals surface area contributed by atoms with Crippen LogP contribution in [0.4, 0.5) is 10.9 Å². The maximum atomic E-state index is 6.25. The quantitative estimate of drug-likeness (QED) is 0.497. The molecule has 0 aliphatic carbocycles. The molecule has 0 spiro atoms. The van der Waals surface area contributed by atoms with Crippen molar-refractivity contribution in [1.29, 1.82) is 0 Å². The summed E-state index contributed by atoms with van der Waals surface area (Å²) >= 11 is 7.98. The number of aryl methyl sites for hydroxylation is 2. The van der Waals surface area contributed by atoms with Crippen molar-refractivity contribution in [2.45, 2.75) is 6.92 Å². The number of rotatable bonds is 3. The van der Waals surface area contributed by atoms with Crippen LogP contribution in [0.15, 0.2) is 36.9 Å². The Morgan fingerprint density at radius 2 is 1.79 bits per heavy atom. The van der Waals surface area contributed by atoms with Gasteiger partial charge in [-0.25, -0.2) is 9.97 Å². The Hall–Kier alpha value is -2.71. The van der Waals surface area contributed by atoms with E-state index in [1.54, 1.807) is 22.2 Å². The monoisotopic (exact) mass is 425 g/mol. The number of benzene rings is 1. The van der Waals surface area contributed by atoms with Gasteiger partial charge in [0.25, 0.3) is 0 Å². The first kappa shape index (κ1) is 18.3. The molecule has 1 aromatic carbocycles. The summed E-state index contributed by atoms with van der Waals surface area (Å²) in [5.74, 6) is 0.901. The molecule has 1 aliphatic heterocycles. The summed E-state index contributed by atoms with van der Waals surface area (Å²) in [6, 6.07) is 4.01. The average molecular weight is 426 g/mol. The van der Waals surface area contributed by atoms with Crippen molar-refractivity contribution in [3.05, 3.63) is 47.5 Å². The number of thiazole rings is 1. The second-order valence-electron chi connectivity index (χ2n) is 7.15. The van der Waals surface area contributed by atoms with E-state index in [4.69, 9.17) is 21.6 Å². The Morgan fingerprint density at radius 3 is 2.55 bits per heavy atom. The Labute approximate surface area is 177 Å². The molecule has 7 nitrogen and oxygen atoms in total. The third-order valence-electron chi connectivity index (χ3n) is 5.23. The zero-order chi connectivity index (χ0) is 20.0. The molecule has 4 heterocycles. The van der Waals surface area contributed by atoms with Crippen LogP contribution >= 0.6 is 22.9 Å². The maximum absolute atomic E-state index is 6.25. The van der Waals surface area contributed by atoms with Crippen LogP contribution in [0.3, 0.4) is 0 Å². The van der Waals surface area contributed by atoms with Gasteiger partial charge in [-0.15, -0.1) is 0 Å². The van der Waals surface area contributed by atoms with Crippen molar-refractivity contribution in [1.82, 2.24) is 24.7 Å². The molecule has 0 amide bonds. The van der Waals surface area contributed by atoms with E-state index in [1.807, 2.05) is 38.6 Å². The normalized spacial score (nSPS) is 14.7. The first-order valence-corrected chi connectivity index (χ1v) is 10.6. The van der Waals surface area contributed by atoms with E-state index >= 15 is 0 Å². The number of fused-ring (bicyclic) bond motifs is 1. The smallest absolute Gasteiger partial charge is 0.186 e. The number of anilines is 2. The molecule has 0 saturated carbocycles. The van der Waals surface area contributed by atoms with Crippen LogP contribution in [0.2, 0.25) is 5.02 Å². The number of hydrogen-bond acceptors (Lipinski definition) is 7. The third kappa shape index (κ3) is 3.42. The van der Waals surface area contributed by atoms with Gasteiger partial charge in [0.1, 0.15) is 5.82 Å². The Morgan fingerprint density at radius 1 is 1.00 bits per heavy atom. The Kier molecular flexibility index (Phi) is 4.60. The number of halogens is 1. The molecular formula is C20H20ClN7S. The first-order chi connectivity index (χ1) is 14.1. The van der Waals surface area contributed by atoms with E-state index in [9.17, 15) is 0 Å². The van der Waals surface area contributed by atoms with Crippen molar-refractivity contribution < 1.29 is 0 Å². The lowest BCUT2D eigenvalue weighted by molar-refractivity contribution is 0.645. The van der Waals surface area contributed by atoms with Crippen LogP contribution in [-0.2, 0) is 7.05 Å². The summed E-state index contributed by atoms with van der Waals surface area (Å²) in [6.07, 6.45) is 7.38. The molecule has 4 aromatic rings. The summed E-state index contributed by atoms with van der Waals surface area (Å²) in [7, 11) is 1.90. The first-order valence-electron chi connectivity index (χ1n) is 9.45. The average Bonchev–Trinajstić information content (AvgIpc) is 3.38. The fourth-order valence-corrected chi connectivity index (χ4v) is 4.78. The molecule has 0 bridgehead atoms. The van der Waals surface area contributed by atoms with Gasteiger partial charge in [0.05, 0.1) is 34.5 Å². The molecule has 1 aliphatic rings. The zero-order valence-electron chi connectivity index (χ0n) is 16.2. The Balaban J connectivity index is 1.32. The predicted molar refractivity (Wildman–Crippen MR) is 118 cm³/mol. The van der Waals surface area contributed by atoms with E-state index in [0.29, 0.717) is 0 Å². The maximum Gasteiger partial charge on any atom is 0.186 e. The van der Waals surface area contributed by atoms with Gasteiger partial charge in [-0.2, -0.15) is 5.10 Å². The highest BCUT2D eigenvalue weighted by Crippen LogP contribution is 2.34. The van der Waals surface area contributed by atoms with Gasteiger partial charge in [0, 0.05) is 50.0 Å². The standard InChI is InChI=1S/C20H20ClN7S/c1-13-15(21)3-4-17-19(13)25-20(29-17)28-7-5-27(6-8-28)18-11-22-10-16(24-18)14-9-23-26(2)12-14/h3-4,9-12H,5-8H2,1-2H3. The number of hydrogen-bond donors (Lipinski definition) is 0. The molecular weight excluding hydrogens is 406 g/mol. The lowest BCUT2D eigenvalue weighted by atomic mass is 10.2. The van der Waals surface area contributed by atoms with Gasteiger partial charge >= 0.3 is 0 Å². The van der Waals surface area contributed by atoms with Crippen molar-refractivity contribution in [2.24, 2.45) is 7.05 Å². The molecule has 1 fully saturated rings. The van der Waals surface area contributed by atoms with Gasteiger partial charge in [-0.1, -0.05) is 22.9 Å². The summed E-state index contributed by atoms with van der Waals surface area (Å²) in [5.41, 5.74) is 3.88. The van der Waals surface area contributed by atoms with Gasteiger partial charge in [-0.05, 0) is 24.6 Å². The molecule has 0 atom stereocenters. The molecule has 3 aromatic heterocycles. The van der Waals surface area contributed by atoms with Crippen LogP contribution < -0.4 is 9.80 Å². The zero-order valence-corrected chi connectivity index (χ0v) is 17.8. The summed E-state index contributed by atoms with van der Waals surface area (Å²) in [5, 5.41) is 6.05. The molecule has 148 valence electrons. The molecule has 5 rings (SSSR count). The molecule has 1 saturated heterocycles. The molecule has 0 radical (unpaired) electrons. The minimum Gasteiger partial charge on any atom is -0.352 e. The second kappa shape index (κ2) is 7.27. The lowest BCUT2D eigenvalue weighted by Crippen LogP contribution is -2.46. The predicted octanol–water partition coefficient (Wildman–Crippen LogP) is 3.78. The minimum absolute atomic E-state index is 0.770. The van der Waals surface area contributed by atoms with Gasteiger partial charge in [0.15, 0.2) is 5.13 Å². The highest BCUT2D eigenvalue weighted by molar-refractivity contribution is 7.22.